The summed E-state index contributed by atoms with van der Waals surface area (Å²) in [5, 5.41) is 30.2. The third kappa shape index (κ3) is 2.80. The van der Waals surface area contributed by atoms with Crippen LogP contribution in [0.25, 0.3) is 0 Å². The molecule has 0 atom stereocenters. The van der Waals surface area contributed by atoms with Crippen molar-refractivity contribution in [3.05, 3.63) is 32.1 Å². The number of hydrogen-bond acceptors (Lipinski definition) is 10. The second kappa shape index (κ2) is 6.39. The molecule has 0 fully saturated rings. The summed E-state index contributed by atoms with van der Waals surface area (Å²) in [7, 11) is 0. The first-order valence-electron chi connectivity index (χ1n) is 5.54. The van der Waals surface area contributed by atoms with Crippen LogP contribution in [0.1, 0.15) is 11.4 Å². The van der Waals surface area contributed by atoms with E-state index in [2.05, 4.69) is 21.0 Å². The third-order valence-corrected chi connectivity index (χ3v) is 6.82. The van der Waals surface area contributed by atoms with Crippen molar-refractivity contribution in [2.45, 2.75) is 14.4 Å². The minimum absolute atomic E-state index is 0.00156. The number of allylic oxidation sites excluding steroid dienone is 1. The topological polar surface area (TPSA) is 110 Å². The zero-order chi connectivity index (χ0) is 15.5. The molecular weight excluding hydrogens is 356 g/mol. The third-order valence-electron chi connectivity index (χ3n) is 2.31. The number of thioether (sulfide) groups is 3. The van der Waals surface area contributed by atoms with E-state index in [0.29, 0.717) is 15.0 Å². The lowest BCUT2D eigenvalue weighted by Crippen LogP contribution is -1.96. The summed E-state index contributed by atoms with van der Waals surface area (Å²) in [4.78, 5) is 12.9. The molecular formula is C12H2N6S4. The second-order valence-electron chi connectivity index (χ2n) is 3.59. The first kappa shape index (κ1) is 14.9. The zero-order valence-electron chi connectivity index (χ0n) is 10.5. The first-order chi connectivity index (χ1) is 10.7. The van der Waals surface area contributed by atoms with E-state index in [1.165, 1.54) is 46.6 Å². The molecule has 0 bridgehead atoms. The van der Waals surface area contributed by atoms with Gasteiger partial charge >= 0.3 is 0 Å². The molecule has 10 heteroatoms. The van der Waals surface area contributed by atoms with E-state index in [0.717, 1.165) is 8.58 Å². The number of rotatable bonds is 2. The van der Waals surface area contributed by atoms with Gasteiger partial charge in [0, 0.05) is 11.6 Å². The highest BCUT2D eigenvalue weighted by molar-refractivity contribution is 8.25. The van der Waals surface area contributed by atoms with Gasteiger partial charge in [0.1, 0.15) is 33.2 Å². The van der Waals surface area contributed by atoms with Crippen LogP contribution in [0.4, 0.5) is 0 Å². The fourth-order valence-electron chi connectivity index (χ4n) is 1.44. The monoisotopic (exact) mass is 358 g/mol. The van der Waals surface area contributed by atoms with Crippen molar-refractivity contribution >= 4 is 46.6 Å². The van der Waals surface area contributed by atoms with Crippen LogP contribution < -0.4 is 0 Å². The summed E-state index contributed by atoms with van der Waals surface area (Å²) in [6.45, 7) is 0. The predicted octanol–water partition coefficient (Wildman–Crippen LogP) is 3.36. The Balaban J connectivity index is 1.96. The molecule has 2 aromatic rings. The molecule has 6 nitrogen and oxygen atoms in total. The molecule has 0 saturated carbocycles. The van der Waals surface area contributed by atoms with Crippen molar-refractivity contribution in [2.24, 2.45) is 0 Å². The molecule has 1 aliphatic rings. The summed E-state index contributed by atoms with van der Waals surface area (Å²) in [5.74, 6) is 0. The van der Waals surface area contributed by atoms with Crippen LogP contribution in [0.2, 0.25) is 0 Å². The maximum absolute atomic E-state index is 9.34. The molecule has 1 aliphatic heterocycles. The Morgan fingerprint density at radius 3 is 2.14 bits per heavy atom. The van der Waals surface area contributed by atoms with E-state index in [-0.39, 0.29) is 11.4 Å². The predicted molar refractivity (Wildman–Crippen MR) is 83.8 cm³/mol. The van der Waals surface area contributed by atoms with Crippen molar-refractivity contribution in [1.82, 2.24) is 15.0 Å². The fourth-order valence-corrected chi connectivity index (χ4v) is 5.38. The Bertz CT molecular complexity index is 852. The van der Waals surface area contributed by atoms with Crippen LogP contribution in [0.15, 0.2) is 35.1 Å². The number of nitriles is 3. The molecule has 3 heterocycles. The van der Waals surface area contributed by atoms with Gasteiger partial charge in [-0.1, -0.05) is 23.5 Å². The highest BCUT2D eigenvalue weighted by Gasteiger charge is 2.27. The fraction of sp³-hybridized carbons (Fsp3) is 0. The quantitative estimate of drug-likeness (QED) is 0.589. The van der Waals surface area contributed by atoms with E-state index < -0.39 is 0 Å². The number of aromatic nitrogens is 3. The standard InChI is InChI=1S/C12H2N6S4/c13-3-6-7(4-14)18-10-9(17-6)21-11(22-10)8(5-15)20-12-16-1-2-19-12/h1-2H. The van der Waals surface area contributed by atoms with Crippen LogP contribution in [-0.4, -0.2) is 15.0 Å². The van der Waals surface area contributed by atoms with Gasteiger partial charge in [0.15, 0.2) is 15.7 Å². The van der Waals surface area contributed by atoms with Gasteiger partial charge in [0.2, 0.25) is 0 Å². The number of nitrogens with zero attached hydrogens (tertiary/aromatic N) is 6. The lowest BCUT2D eigenvalue weighted by atomic mass is 10.3. The van der Waals surface area contributed by atoms with Gasteiger partial charge in [-0.2, -0.15) is 15.8 Å². The Labute approximate surface area is 141 Å². The van der Waals surface area contributed by atoms with Crippen molar-refractivity contribution in [2.75, 3.05) is 0 Å². The van der Waals surface area contributed by atoms with Gasteiger partial charge in [-0.3, -0.25) is 0 Å². The summed E-state index contributed by atoms with van der Waals surface area (Å²) in [6.07, 6.45) is 1.68. The van der Waals surface area contributed by atoms with E-state index in [4.69, 9.17) is 10.5 Å². The first-order valence-corrected chi connectivity index (χ1v) is 8.87. The molecule has 0 unspecified atom stereocenters. The zero-order valence-corrected chi connectivity index (χ0v) is 13.7. The van der Waals surface area contributed by atoms with E-state index >= 15 is 0 Å². The van der Waals surface area contributed by atoms with Gasteiger partial charge in [-0.05, 0) is 11.8 Å². The lowest BCUT2D eigenvalue weighted by molar-refractivity contribution is 0.902. The van der Waals surface area contributed by atoms with Crippen LogP contribution >= 0.6 is 46.6 Å². The average Bonchev–Trinajstić information content (AvgIpc) is 3.19. The van der Waals surface area contributed by atoms with Crippen LogP contribution in [-0.2, 0) is 0 Å². The van der Waals surface area contributed by atoms with E-state index in [9.17, 15) is 5.26 Å². The molecule has 0 aliphatic carbocycles. The lowest BCUT2D eigenvalue weighted by Gasteiger charge is -1.97. The Morgan fingerprint density at radius 2 is 1.68 bits per heavy atom. The van der Waals surface area contributed by atoms with Gasteiger partial charge in [0.25, 0.3) is 0 Å². The maximum Gasteiger partial charge on any atom is 0.178 e. The van der Waals surface area contributed by atoms with Crippen molar-refractivity contribution in [3.8, 4) is 18.2 Å². The molecule has 0 spiro atoms. The molecule has 3 rings (SSSR count). The Hall–Kier alpha value is -2.03. The van der Waals surface area contributed by atoms with E-state index in [1.54, 1.807) is 6.20 Å². The largest absolute Gasteiger partial charge is 0.238 e. The summed E-state index contributed by atoms with van der Waals surface area (Å²) in [5.41, 5.74) is 0.00312. The van der Waals surface area contributed by atoms with E-state index in [1.807, 2.05) is 17.5 Å². The average molecular weight is 358 g/mol. The SMILES string of the molecule is N#CC(Sc1nccs1)=C1Sc2nc(C#N)c(C#N)nc2S1. The highest BCUT2D eigenvalue weighted by atomic mass is 32.2. The van der Waals surface area contributed by atoms with Gasteiger partial charge in [-0.15, -0.1) is 11.3 Å². The Kier molecular flexibility index (Phi) is 4.32. The second-order valence-corrected chi connectivity index (χ2v) is 8.00. The molecule has 0 radical (unpaired) electrons. The normalized spacial score (nSPS) is 12.1. The van der Waals surface area contributed by atoms with Gasteiger partial charge in [-0.25, -0.2) is 15.0 Å². The molecule has 2 aromatic heterocycles. The maximum atomic E-state index is 9.34. The molecule has 22 heavy (non-hydrogen) atoms. The van der Waals surface area contributed by atoms with Crippen molar-refractivity contribution in [1.29, 1.82) is 15.8 Å². The van der Waals surface area contributed by atoms with Crippen LogP contribution in [0, 0.1) is 34.0 Å². The van der Waals surface area contributed by atoms with Crippen LogP contribution in [0.3, 0.4) is 0 Å². The Morgan fingerprint density at radius 1 is 1.05 bits per heavy atom. The number of hydrogen-bond donors (Lipinski definition) is 0. The molecule has 0 saturated heterocycles. The minimum atomic E-state index is 0.00156. The highest BCUT2D eigenvalue weighted by Crippen LogP contribution is 2.52. The molecule has 0 amide bonds. The van der Waals surface area contributed by atoms with Crippen LogP contribution in [0.5, 0.6) is 0 Å². The molecule has 0 aromatic carbocycles. The molecule has 0 N–H and O–H groups in total. The minimum Gasteiger partial charge on any atom is -0.238 e. The summed E-state index contributed by atoms with van der Waals surface area (Å²) < 4.78 is 1.51. The van der Waals surface area contributed by atoms with Crippen molar-refractivity contribution in [3.63, 3.8) is 0 Å². The summed E-state index contributed by atoms with van der Waals surface area (Å²) in [6, 6.07) is 5.87. The van der Waals surface area contributed by atoms with Gasteiger partial charge < -0.3 is 0 Å². The van der Waals surface area contributed by atoms with Crippen molar-refractivity contribution < 1.29 is 0 Å². The molecule has 104 valence electrons. The summed E-state index contributed by atoms with van der Waals surface area (Å²) >= 11 is 5.30. The number of thiazole rings is 1. The van der Waals surface area contributed by atoms with Gasteiger partial charge in [0.05, 0.1) is 4.24 Å². The smallest absolute Gasteiger partial charge is 0.178 e. The number of fused-ring (bicyclic) bond motifs is 1.